The van der Waals surface area contributed by atoms with E-state index < -0.39 is 10.8 Å². The normalized spacial score (nSPS) is 17.2. The number of aromatic nitrogens is 4. The maximum atomic E-state index is 14.7. The van der Waals surface area contributed by atoms with Gasteiger partial charge >= 0.3 is 0 Å². The minimum absolute atomic E-state index is 0. The van der Waals surface area contributed by atoms with Crippen molar-refractivity contribution in [3.05, 3.63) is 83.4 Å². The quantitative estimate of drug-likeness (QED) is 0.113. The molecule has 1 aliphatic rings. The number of ether oxygens (including phenoxy) is 2. The van der Waals surface area contributed by atoms with E-state index in [2.05, 4.69) is 38.5 Å². The van der Waals surface area contributed by atoms with Crippen LogP contribution in [0, 0.1) is 19.8 Å². The van der Waals surface area contributed by atoms with Crippen molar-refractivity contribution in [1.29, 1.82) is 0 Å². The Morgan fingerprint density at radius 1 is 0.962 bits per heavy atom. The van der Waals surface area contributed by atoms with Crippen molar-refractivity contribution in [3.8, 4) is 22.9 Å². The van der Waals surface area contributed by atoms with Gasteiger partial charge in [0.1, 0.15) is 5.82 Å². The van der Waals surface area contributed by atoms with E-state index in [0.29, 0.717) is 47.5 Å². The fourth-order valence-corrected chi connectivity index (χ4v) is 7.87. The zero-order valence-corrected chi connectivity index (χ0v) is 33.0. The van der Waals surface area contributed by atoms with Crippen molar-refractivity contribution in [3.63, 3.8) is 0 Å². The number of unbranched alkanes of at least 4 members (excludes halogenated alkanes) is 3. The minimum Gasteiger partial charge on any atom is -0.488 e. The zero-order chi connectivity index (χ0) is 38.1. The summed E-state index contributed by atoms with van der Waals surface area (Å²) in [6.07, 6.45) is 10.7. The number of hydrogen-bond donors (Lipinski definition) is 3. The van der Waals surface area contributed by atoms with E-state index in [4.69, 9.17) is 9.47 Å². The molecule has 1 amide bonds. The second kappa shape index (κ2) is 18.2. The molecule has 12 heteroatoms. The van der Waals surface area contributed by atoms with Crippen LogP contribution in [-0.4, -0.2) is 64.6 Å². The topological polar surface area (TPSA) is 143 Å². The van der Waals surface area contributed by atoms with Crippen LogP contribution < -0.4 is 14.2 Å². The molecule has 11 nitrogen and oxygen atoms in total. The maximum Gasteiger partial charge on any atom is 0.254 e. The van der Waals surface area contributed by atoms with E-state index in [9.17, 15) is 13.9 Å². The Hall–Kier alpha value is -4.26. The third-order valence-corrected chi connectivity index (χ3v) is 10.9. The van der Waals surface area contributed by atoms with Gasteiger partial charge in [0.15, 0.2) is 5.75 Å². The monoisotopic (exact) mass is 746 g/mol. The third kappa shape index (κ3) is 10.9. The fraction of sp³-hybridized carbons (Fsp3) is 0.488. The van der Waals surface area contributed by atoms with Gasteiger partial charge in [0.2, 0.25) is 11.8 Å². The van der Waals surface area contributed by atoms with Crippen molar-refractivity contribution in [1.82, 2.24) is 24.8 Å². The Kier molecular flexibility index (Phi) is 13.7. The summed E-state index contributed by atoms with van der Waals surface area (Å²) >= 11 is 0. The molecule has 4 aromatic rings. The Morgan fingerprint density at radius 2 is 1.64 bits per heavy atom. The molecule has 3 heterocycles. The fourth-order valence-electron chi connectivity index (χ4n) is 6.85. The predicted molar refractivity (Wildman–Crippen MR) is 214 cm³/mol. The number of nitrogens with one attached hydrogen (secondary N) is 1. The molecule has 0 saturated carbocycles. The van der Waals surface area contributed by atoms with Gasteiger partial charge in [-0.2, -0.15) is 4.98 Å². The van der Waals surface area contributed by atoms with Crippen LogP contribution in [0.2, 0.25) is 0 Å². The van der Waals surface area contributed by atoms with Crippen LogP contribution in [0.3, 0.4) is 0 Å². The Labute approximate surface area is 318 Å². The van der Waals surface area contributed by atoms with E-state index in [1.54, 1.807) is 42.7 Å². The maximum absolute atomic E-state index is 14.7. The van der Waals surface area contributed by atoms with E-state index in [-0.39, 0.29) is 43.0 Å². The highest BCUT2D eigenvalue weighted by Gasteiger charge is 2.31. The summed E-state index contributed by atoms with van der Waals surface area (Å²) in [6, 6.07) is 13.9. The molecule has 4 bridgehead atoms. The number of rotatable bonds is 13. The first kappa shape index (κ1) is 39.9. The molecule has 3 N–H and O–H groups in total. The van der Waals surface area contributed by atoms with Crippen LogP contribution in [-0.2, 0) is 6.42 Å². The Balaban J connectivity index is 0.00000650. The number of carbonyl (C=O) groups excluding carboxylic acids is 1. The molecule has 2 unspecified atom stereocenters. The lowest BCUT2D eigenvalue weighted by atomic mass is 9.97. The molecule has 0 fully saturated rings. The Bertz CT molecular complexity index is 1810. The first-order valence-electron chi connectivity index (χ1n) is 18.9. The highest BCUT2D eigenvalue weighted by atomic mass is 32.3. The molecule has 2 aromatic carbocycles. The number of amides is 1. The van der Waals surface area contributed by atoms with E-state index in [1.807, 2.05) is 57.7 Å². The lowest BCUT2D eigenvalue weighted by Crippen LogP contribution is -2.48. The molecule has 2 aromatic heterocycles. The Morgan fingerprint density at radius 3 is 2.32 bits per heavy atom. The van der Waals surface area contributed by atoms with Crippen molar-refractivity contribution in [2.75, 3.05) is 11.3 Å². The van der Waals surface area contributed by atoms with Gasteiger partial charge in [0, 0.05) is 43.5 Å². The molecular formula is C41H58N6O5S. The van der Waals surface area contributed by atoms with Crippen molar-refractivity contribution >= 4 is 22.6 Å². The van der Waals surface area contributed by atoms with Crippen LogP contribution in [0.15, 0.2) is 65.8 Å². The van der Waals surface area contributed by atoms with E-state index in [1.165, 1.54) is 12.8 Å². The molecule has 0 spiro atoms. The molecule has 2 atom stereocenters. The van der Waals surface area contributed by atoms with Gasteiger partial charge in [-0.1, -0.05) is 81.0 Å². The minimum atomic E-state index is -3.69. The average Bonchev–Trinajstić information content (AvgIpc) is 3.09. The van der Waals surface area contributed by atoms with Gasteiger partial charge < -0.3 is 14.4 Å². The molecule has 1 aliphatic heterocycles. The molecule has 0 aliphatic carbocycles. The number of benzene rings is 2. The van der Waals surface area contributed by atoms with Crippen LogP contribution >= 0.6 is 10.8 Å². The lowest BCUT2D eigenvalue weighted by Gasteiger charge is -2.38. The molecule has 0 saturated heterocycles. The van der Waals surface area contributed by atoms with Gasteiger partial charge in [-0.05, 0) is 76.3 Å². The zero-order valence-electron chi connectivity index (χ0n) is 32.2. The van der Waals surface area contributed by atoms with Crippen molar-refractivity contribution in [2.45, 2.75) is 123 Å². The highest BCUT2D eigenvalue weighted by molar-refractivity contribution is 8.25. The molecule has 53 heavy (non-hydrogen) atoms. The number of fused-ring (bicyclic) bond motifs is 4. The number of anilines is 1. The van der Waals surface area contributed by atoms with Gasteiger partial charge in [0.25, 0.3) is 5.91 Å². The highest BCUT2D eigenvalue weighted by Crippen LogP contribution is 2.48. The van der Waals surface area contributed by atoms with Crippen LogP contribution in [0.1, 0.15) is 108 Å². The smallest absolute Gasteiger partial charge is 0.254 e. The van der Waals surface area contributed by atoms with Crippen LogP contribution in [0.5, 0.6) is 11.6 Å². The third-order valence-electron chi connectivity index (χ3n) is 9.51. The van der Waals surface area contributed by atoms with E-state index >= 15 is 0 Å². The SMILES string of the molecule is Cc1cccc(C)c1-c1cc2nc(n1)NS(O)(O)c1cccc(c1)C(=O)N(C(CCCCCCC(C)C)Cc1ncc(OC(C)C)cn1)C(C)CCO2.[HH]. The second-order valence-electron chi connectivity index (χ2n) is 14.8. The predicted octanol–water partition coefficient (Wildman–Crippen LogP) is 9.94. The number of aryl methyl sites for hydroxylation is 2. The van der Waals surface area contributed by atoms with Crippen molar-refractivity contribution < 1.29 is 24.8 Å². The average molecular weight is 747 g/mol. The number of hydrogen-bond acceptors (Lipinski definition) is 10. The number of carbonyl (C=O) groups is 1. The summed E-state index contributed by atoms with van der Waals surface area (Å²) in [5.41, 5.74) is 3.92. The van der Waals surface area contributed by atoms with Gasteiger partial charge in [-0.15, -0.1) is 0 Å². The molecule has 288 valence electrons. The summed E-state index contributed by atoms with van der Waals surface area (Å²) in [5, 5.41) is 0. The largest absolute Gasteiger partial charge is 0.488 e. The van der Waals surface area contributed by atoms with Crippen LogP contribution in [0.4, 0.5) is 5.95 Å². The van der Waals surface area contributed by atoms with Gasteiger partial charge in [-0.3, -0.25) is 13.9 Å². The first-order valence-corrected chi connectivity index (χ1v) is 20.4. The summed E-state index contributed by atoms with van der Waals surface area (Å²) in [6.45, 7) is 14.8. The second-order valence-corrected chi connectivity index (χ2v) is 16.6. The first-order chi connectivity index (χ1) is 25.3. The summed E-state index contributed by atoms with van der Waals surface area (Å²) < 4.78 is 37.8. The van der Waals surface area contributed by atoms with Crippen molar-refractivity contribution in [2.24, 2.45) is 5.92 Å². The number of nitrogens with zero attached hydrogens (tertiary/aromatic N) is 5. The van der Waals surface area contributed by atoms with E-state index in [0.717, 1.165) is 42.4 Å². The summed E-state index contributed by atoms with van der Waals surface area (Å²) in [4.78, 5) is 35.3. The molecule has 5 rings (SSSR count). The van der Waals surface area contributed by atoms with Crippen LogP contribution in [0.25, 0.3) is 11.3 Å². The van der Waals surface area contributed by atoms with Gasteiger partial charge in [-0.25, -0.2) is 19.7 Å². The standard InChI is InChI=1S/C41H56N6O5S.H2/c1-27(2)14-10-8-9-11-18-33(23-37-42-25-34(26-43-37)52-28(3)4)47-31(7)20-21-51-38-24-36(39-29(5)15-12-16-30(39)6)44-41(45-38)46-53(49,50)35-19-13-17-32(22-35)40(47)48;/h12-13,15-17,19,22,24-28,31,33,49-50H,8-11,14,18,20-21,23H2,1-7H3,(H,44,45,46);1H. The molecule has 0 radical (unpaired) electrons. The van der Waals surface area contributed by atoms with Gasteiger partial charge in [0.05, 0.1) is 35.7 Å². The summed E-state index contributed by atoms with van der Waals surface area (Å²) in [5.74, 6) is 2.01. The lowest BCUT2D eigenvalue weighted by molar-refractivity contribution is 0.0538. The summed E-state index contributed by atoms with van der Waals surface area (Å²) in [7, 11) is -3.69. The molecular weight excluding hydrogens is 689 g/mol.